The van der Waals surface area contributed by atoms with Crippen LogP contribution in [-0.4, -0.2) is 15.3 Å². The first-order valence-corrected chi connectivity index (χ1v) is 13.2. The first-order valence-electron chi connectivity index (χ1n) is 9.55. The molecule has 4 aromatic rings. The summed E-state index contributed by atoms with van der Waals surface area (Å²) in [7, 11) is 0. The molecule has 4 rings (SSSR count). The molecule has 0 heterocycles. The molecule has 0 radical (unpaired) electrons. The van der Waals surface area contributed by atoms with Crippen LogP contribution < -0.4 is 0 Å². The van der Waals surface area contributed by atoms with Crippen molar-refractivity contribution in [2.75, 3.05) is 5.08 Å². The van der Waals surface area contributed by atoms with Crippen LogP contribution in [0, 0.1) is 0 Å². The number of hydrogen-bond acceptors (Lipinski definition) is 6. The number of thioether (sulfide) groups is 2. The van der Waals surface area contributed by atoms with Crippen molar-refractivity contribution in [1.82, 2.24) is 0 Å². The first-order chi connectivity index (χ1) is 15.2. The number of rotatable bonds is 8. The maximum absolute atomic E-state index is 9.91. The molecular formula is C25H20O2S4. The van der Waals surface area contributed by atoms with E-state index in [2.05, 4.69) is 48.5 Å². The Morgan fingerprint density at radius 2 is 0.806 bits per heavy atom. The maximum atomic E-state index is 9.91. The average Bonchev–Trinajstić information content (AvgIpc) is 2.79. The van der Waals surface area contributed by atoms with Crippen molar-refractivity contribution in [3.05, 3.63) is 97.1 Å². The van der Waals surface area contributed by atoms with E-state index in [4.69, 9.17) is 0 Å². The van der Waals surface area contributed by atoms with Crippen LogP contribution in [0.4, 0.5) is 0 Å². The third-order valence-corrected chi connectivity index (χ3v) is 8.58. The number of benzene rings is 4. The zero-order valence-corrected chi connectivity index (χ0v) is 19.7. The van der Waals surface area contributed by atoms with Gasteiger partial charge in [-0.3, -0.25) is 0 Å². The van der Waals surface area contributed by atoms with Crippen molar-refractivity contribution in [3.8, 4) is 11.5 Å². The third kappa shape index (κ3) is 6.43. The van der Waals surface area contributed by atoms with Crippen molar-refractivity contribution < 1.29 is 10.2 Å². The van der Waals surface area contributed by atoms with Crippen molar-refractivity contribution in [1.29, 1.82) is 0 Å². The van der Waals surface area contributed by atoms with Crippen molar-refractivity contribution in [3.63, 3.8) is 0 Å². The Labute approximate surface area is 199 Å². The molecule has 0 amide bonds. The van der Waals surface area contributed by atoms with Crippen LogP contribution in [0.25, 0.3) is 0 Å². The molecule has 0 saturated heterocycles. The first kappa shape index (κ1) is 22.1. The Balaban J connectivity index is 1.26. The summed E-state index contributed by atoms with van der Waals surface area (Å²) in [5.74, 6) is 0.625. The van der Waals surface area contributed by atoms with Gasteiger partial charge in [0.05, 0.1) is 9.79 Å². The normalized spacial score (nSPS) is 10.8. The summed E-state index contributed by atoms with van der Waals surface area (Å²) < 4.78 is 0. The summed E-state index contributed by atoms with van der Waals surface area (Å²) in [6.45, 7) is 0. The molecule has 0 bridgehead atoms. The van der Waals surface area contributed by atoms with E-state index in [-0.39, 0.29) is 0 Å². The Kier molecular flexibility index (Phi) is 7.81. The molecule has 0 atom stereocenters. The standard InChI is InChI=1S/C25H20O2S4/c26-22-5-1-3-7-24(22)30-20-13-9-18(10-14-20)28-17-29-19-11-15-21(16-12-19)31-25-8-4-2-6-23(25)27/h1-16,26-27H,17H2. The topological polar surface area (TPSA) is 40.5 Å². The van der Waals surface area contributed by atoms with Crippen LogP contribution in [0.1, 0.15) is 0 Å². The monoisotopic (exact) mass is 480 g/mol. The van der Waals surface area contributed by atoms with Crippen LogP contribution in [0.2, 0.25) is 0 Å². The maximum Gasteiger partial charge on any atom is 0.129 e. The number of hydrogen-bond donors (Lipinski definition) is 2. The second-order valence-corrected chi connectivity index (χ2v) is 11.2. The van der Waals surface area contributed by atoms with Gasteiger partial charge in [-0.15, -0.1) is 23.5 Å². The predicted molar refractivity (Wildman–Crippen MR) is 134 cm³/mol. The molecule has 0 spiro atoms. The molecule has 2 N–H and O–H groups in total. The highest BCUT2D eigenvalue weighted by Gasteiger charge is 2.05. The Hall–Kier alpha value is -2.12. The van der Waals surface area contributed by atoms with Gasteiger partial charge in [0.2, 0.25) is 0 Å². The highest BCUT2D eigenvalue weighted by atomic mass is 32.2. The third-order valence-electron chi connectivity index (χ3n) is 4.28. The lowest BCUT2D eigenvalue weighted by Crippen LogP contribution is -1.79. The molecule has 6 heteroatoms. The van der Waals surface area contributed by atoms with E-state index >= 15 is 0 Å². The van der Waals surface area contributed by atoms with E-state index in [9.17, 15) is 10.2 Å². The Morgan fingerprint density at radius 1 is 0.452 bits per heavy atom. The van der Waals surface area contributed by atoms with Crippen LogP contribution in [-0.2, 0) is 0 Å². The highest BCUT2D eigenvalue weighted by Crippen LogP contribution is 2.37. The van der Waals surface area contributed by atoms with Crippen LogP contribution in [0.15, 0.2) is 126 Å². The molecular weight excluding hydrogens is 461 g/mol. The summed E-state index contributed by atoms with van der Waals surface area (Å²) >= 11 is 6.74. The minimum absolute atomic E-state index is 0.312. The van der Waals surface area contributed by atoms with E-state index in [1.807, 2.05) is 59.9 Å². The van der Waals surface area contributed by atoms with Gasteiger partial charge in [0.25, 0.3) is 0 Å². The van der Waals surface area contributed by atoms with Gasteiger partial charge in [-0.25, -0.2) is 0 Å². The SMILES string of the molecule is Oc1ccccc1Sc1ccc(SCSc2ccc(Sc3ccccc3O)cc2)cc1. The van der Waals surface area contributed by atoms with Gasteiger partial charge in [-0.2, -0.15) is 0 Å². The van der Waals surface area contributed by atoms with Crippen molar-refractivity contribution in [2.24, 2.45) is 0 Å². The molecule has 0 saturated carbocycles. The molecule has 0 aliphatic rings. The van der Waals surface area contributed by atoms with Gasteiger partial charge in [0.1, 0.15) is 11.5 Å². The summed E-state index contributed by atoms with van der Waals surface area (Å²) in [6.07, 6.45) is 0. The van der Waals surface area contributed by atoms with E-state index in [1.54, 1.807) is 35.7 Å². The molecule has 0 aliphatic heterocycles. The second kappa shape index (κ2) is 11.0. The zero-order chi connectivity index (χ0) is 21.5. The lowest BCUT2D eigenvalue weighted by Gasteiger charge is -2.07. The van der Waals surface area contributed by atoms with E-state index < -0.39 is 0 Å². The van der Waals surface area contributed by atoms with E-state index in [1.165, 1.54) is 9.79 Å². The minimum atomic E-state index is 0.312. The molecule has 31 heavy (non-hydrogen) atoms. The average molecular weight is 481 g/mol. The fourth-order valence-corrected chi connectivity index (χ4v) is 6.39. The van der Waals surface area contributed by atoms with Crippen molar-refractivity contribution >= 4 is 47.0 Å². The van der Waals surface area contributed by atoms with Gasteiger partial charge in [0, 0.05) is 24.7 Å². The quantitative estimate of drug-likeness (QED) is 0.195. The number of phenols is 2. The fourth-order valence-electron chi connectivity index (χ4n) is 2.71. The Morgan fingerprint density at radius 3 is 1.19 bits per heavy atom. The van der Waals surface area contributed by atoms with Crippen molar-refractivity contribution in [2.45, 2.75) is 29.4 Å². The Bertz CT molecular complexity index is 1040. The molecule has 0 unspecified atom stereocenters. The predicted octanol–water partition coefficient (Wildman–Crippen LogP) is 8.24. The summed E-state index contributed by atoms with van der Waals surface area (Å²) in [4.78, 5) is 6.39. The van der Waals surface area contributed by atoms with E-state index in [0.717, 1.165) is 24.7 Å². The van der Waals surface area contributed by atoms with Crippen LogP contribution >= 0.6 is 47.0 Å². The molecule has 4 aromatic carbocycles. The molecule has 2 nitrogen and oxygen atoms in total. The zero-order valence-electron chi connectivity index (χ0n) is 16.5. The van der Waals surface area contributed by atoms with Gasteiger partial charge < -0.3 is 10.2 Å². The highest BCUT2D eigenvalue weighted by molar-refractivity contribution is 8.16. The molecule has 156 valence electrons. The summed E-state index contributed by atoms with van der Waals surface area (Å²) in [6, 6.07) is 31.7. The minimum Gasteiger partial charge on any atom is -0.507 e. The lowest BCUT2D eigenvalue weighted by atomic mass is 10.3. The van der Waals surface area contributed by atoms with Gasteiger partial charge in [-0.05, 0) is 72.8 Å². The smallest absolute Gasteiger partial charge is 0.129 e. The van der Waals surface area contributed by atoms with Crippen LogP contribution in [0.3, 0.4) is 0 Å². The molecule has 0 fully saturated rings. The lowest BCUT2D eigenvalue weighted by molar-refractivity contribution is 0.462. The van der Waals surface area contributed by atoms with Crippen LogP contribution in [0.5, 0.6) is 11.5 Å². The number of aromatic hydroxyl groups is 2. The van der Waals surface area contributed by atoms with Gasteiger partial charge in [-0.1, -0.05) is 47.8 Å². The largest absolute Gasteiger partial charge is 0.507 e. The fraction of sp³-hybridized carbons (Fsp3) is 0.0400. The molecule has 0 aliphatic carbocycles. The number of para-hydroxylation sites is 2. The second-order valence-electron chi connectivity index (χ2n) is 6.49. The molecule has 0 aromatic heterocycles. The van der Waals surface area contributed by atoms with Gasteiger partial charge >= 0.3 is 0 Å². The van der Waals surface area contributed by atoms with Gasteiger partial charge in [0.15, 0.2) is 0 Å². The summed E-state index contributed by atoms with van der Waals surface area (Å²) in [5, 5.41) is 20.8. The number of phenolic OH excluding ortho intramolecular Hbond substituents is 2. The van der Waals surface area contributed by atoms with E-state index in [0.29, 0.717) is 11.5 Å². The summed E-state index contributed by atoms with van der Waals surface area (Å²) in [5.41, 5.74) is 0.